The maximum Gasteiger partial charge on any atom is 0.410 e. The molecule has 11 aliphatic rings. The van der Waals surface area contributed by atoms with E-state index in [1.807, 2.05) is 20.8 Å². The van der Waals surface area contributed by atoms with E-state index in [9.17, 15) is 24.4 Å². The lowest BCUT2D eigenvalue weighted by Gasteiger charge is -2.33. The van der Waals surface area contributed by atoms with Crippen LogP contribution < -0.4 is 42.0 Å². The standard InChI is InChI=1S/C19H27N5O.C13H17ClN4O.C13H15ClN4.C11H20N2O3.C7H6Cl2N2.C6H12N2O.C6H13NO.C3Cl3N3.5CH4/c1-23-9-4-6-15(23)13-25-19-21-17-8-2-7-16(17)18(22-19)24-10-3-5-14(11-20)12-24;14-13-16-10-5-1-4-9(10)12(17-13)18-6-2-3-8(7-18)11(15)19;1-15-9-4-3-7-18(8-9)12-10-5-2-6-11(10)16-13(14)17-12;1-11(2,3)16-10(15)13-6-4-5-8(7-13)9(12)14;8-6-4-2-1-3-5(4)10-7(9)11-6;7-6(9)5-2-1-3-8-4-5;1-7-4-2-3-6(7)5-8;4-1-7-2(5)9-3(6)8-1;;;;;/h14-15H,2-10,12-13H2,1H3;8H,1-7H2,(H2,15,19);9H,2-8H2;8H,4-7H2,1-3H3,(H2,12,14);1-3H2;5,8H,1-4H2,(H2,7,9);6,8H,2-5H2,1H3;;5*1H4/t14-,15-;8-;9-;8-;;5-;6-;;;;;;/m0111.10....../s1. The van der Waals surface area contributed by atoms with Gasteiger partial charge in [0.15, 0.2) is 0 Å². The van der Waals surface area contributed by atoms with Gasteiger partial charge in [0.05, 0.1) is 65.7 Å². The molecule has 12 heterocycles. The number of amides is 4. The number of fused-ring (bicyclic) bond motifs is 4. The van der Waals surface area contributed by atoms with Crippen molar-refractivity contribution in [1.82, 2.24) is 74.8 Å². The number of likely N-dealkylation sites (N-methyl/N-ethyl adjacent to an activating group) is 2. The number of anilines is 3. The number of aromatic nitrogens is 11. The van der Waals surface area contributed by atoms with Crippen LogP contribution in [-0.2, 0) is 70.5 Å². The second-order valence-electron chi connectivity index (χ2n) is 31.6. The van der Waals surface area contributed by atoms with Crippen LogP contribution in [0.5, 0.6) is 6.01 Å². The number of nitriles is 1. The predicted octanol–water partition coefficient (Wildman–Crippen LogP) is 14.0. The maximum absolute atomic E-state index is 11.7. The number of hydrogen-bond acceptors (Lipinski definition) is 25. The van der Waals surface area contributed by atoms with Gasteiger partial charge in [0, 0.05) is 93.1 Å². The number of halogens is 7. The van der Waals surface area contributed by atoms with Crippen molar-refractivity contribution in [3.05, 3.63) is 93.3 Å². The van der Waals surface area contributed by atoms with Gasteiger partial charge in [0.2, 0.25) is 55.5 Å². The number of aryl methyl sites for hydroxylation is 4. The quantitative estimate of drug-likeness (QED) is 0.0492. The van der Waals surface area contributed by atoms with Gasteiger partial charge in [-0.15, -0.1) is 0 Å². The van der Waals surface area contributed by atoms with Gasteiger partial charge in [0.25, 0.3) is 0 Å². The lowest BCUT2D eigenvalue weighted by molar-refractivity contribution is -0.123. The van der Waals surface area contributed by atoms with E-state index >= 15 is 0 Å². The first-order valence-electron chi connectivity index (χ1n) is 40.2. The van der Waals surface area contributed by atoms with Crippen LogP contribution >= 0.6 is 81.2 Å². The molecule has 7 saturated heterocycles. The highest BCUT2D eigenvalue weighted by Crippen LogP contribution is 2.37. The normalized spacial score (nSPS) is 21.6. The number of aliphatic hydroxyl groups excluding tert-OH is 1. The molecule has 5 aromatic rings. The summed E-state index contributed by atoms with van der Waals surface area (Å²) in [5.41, 5.74) is 24.4. The second kappa shape index (κ2) is 52.0. The van der Waals surface area contributed by atoms with Crippen molar-refractivity contribution in [3.63, 3.8) is 0 Å². The number of carbonyl (C=O) groups is 4. The number of ether oxygens (including phenoxy) is 2. The van der Waals surface area contributed by atoms with Crippen molar-refractivity contribution in [2.75, 3.05) is 121 Å². The van der Waals surface area contributed by atoms with Gasteiger partial charge in [0.1, 0.15) is 34.8 Å². The van der Waals surface area contributed by atoms with E-state index in [-0.39, 0.29) is 112 Å². The number of piperidine rings is 5. The summed E-state index contributed by atoms with van der Waals surface area (Å²) in [6, 6.07) is 3.98. The highest BCUT2D eigenvalue weighted by atomic mass is 35.5. The summed E-state index contributed by atoms with van der Waals surface area (Å²) in [7, 11) is 4.22. The Balaban J connectivity index is 0.000000294. The highest BCUT2D eigenvalue weighted by molar-refractivity contribution is 6.34. The Bertz CT molecular complexity index is 4130. The topological polar surface area (TPSA) is 386 Å². The number of carbonyl (C=O) groups excluding carboxylic acids is 4. The summed E-state index contributed by atoms with van der Waals surface area (Å²) in [6.07, 6.45) is 26.6. The third kappa shape index (κ3) is 32.0. The van der Waals surface area contributed by atoms with Crippen LogP contribution in [0.15, 0.2) is 0 Å². The monoisotopic (exact) mass is 1810 g/mol. The van der Waals surface area contributed by atoms with Crippen LogP contribution in [0.2, 0.25) is 36.9 Å². The summed E-state index contributed by atoms with van der Waals surface area (Å²) >= 11 is 39.4. The molecular weight excluding hydrogens is 1680 g/mol. The van der Waals surface area contributed by atoms with E-state index < -0.39 is 5.60 Å². The Morgan fingerprint density at radius 2 is 0.908 bits per heavy atom. The van der Waals surface area contributed by atoms with Crippen molar-refractivity contribution in [2.45, 2.75) is 249 Å². The van der Waals surface area contributed by atoms with Crippen LogP contribution in [0.1, 0.15) is 219 Å². The fourth-order valence-electron chi connectivity index (χ4n) is 16.0. The van der Waals surface area contributed by atoms with Crippen molar-refractivity contribution in [2.24, 2.45) is 40.9 Å². The van der Waals surface area contributed by atoms with Gasteiger partial charge in [-0.05, 0) is 285 Å². The molecule has 8 N–H and O–H groups in total. The van der Waals surface area contributed by atoms with Gasteiger partial charge >= 0.3 is 12.1 Å². The van der Waals surface area contributed by atoms with E-state index in [1.54, 1.807) is 4.90 Å². The highest BCUT2D eigenvalue weighted by Gasteiger charge is 2.35. The Kier molecular flexibility index (Phi) is 45.7. The largest absolute Gasteiger partial charge is 0.462 e. The number of rotatable bonds is 10. The Morgan fingerprint density at radius 1 is 0.492 bits per heavy atom. The molecule has 120 heavy (non-hydrogen) atoms. The molecule has 7 atom stereocenters. The number of nitrogens with one attached hydrogen (secondary N) is 1. The molecule has 7 aliphatic heterocycles. The van der Waals surface area contributed by atoms with Gasteiger partial charge in [-0.1, -0.05) is 48.7 Å². The average Bonchev–Trinajstić information content (AvgIpc) is 1.61. The summed E-state index contributed by atoms with van der Waals surface area (Å²) in [5, 5.41) is 22.5. The summed E-state index contributed by atoms with van der Waals surface area (Å²) < 4.78 is 11.3. The van der Waals surface area contributed by atoms with E-state index in [4.69, 9.17) is 130 Å². The number of hydrogen-bond donors (Lipinski definition) is 5. The lowest BCUT2D eigenvalue weighted by atomic mass is 9.97. The third-order valence-corrected chi connectivity index (χ3v) is 23.4. The minimum Gasteiger partial charge on any atom is -0.462 e. The van der Waals surface area contributed by atoms with Crippen molar-refractivity contribution in [1.29, 1.82) is 5.26 Å². The second-order valence-corrected chi connectivity index (χ2v) is 34.0. The van der Waals surface area contributed by atoms with Crippen LogP contribution in [-0.4, -0.2) is 228 Å². The first-order valence-corrected chi connectivity index (χ1v) is 42.9. The van der Waals surface area contributed by atoms with Crippen LogP contribution in [0.25, 0.3) is 4.85 Å². The summed E-state index contributed by atoms with van der Waals surface area (Å²) in [5.74, 6) is 2.07. The lowest BCUT2D eigenvalue weighted by Crippen LogP contribution is -2.45. The molecule has 0 radical (unpaired) electrons. The van der Waals surface area contributed by atoms with E-state index in [0.717, 1.165) is 246 Å². The zero-order chi connectivity index (χ0) is 82.9. The number of nitrogens with two attached hydrogens (primary N) is 3. The van der Waals surface area contributed by atoms with Crippen LogP contribution in [0.4, 0.5) is 22.2 Å². The first kappa shape index (κ1) is 105. The molecule has 4 amide bonds. The first-order chi connectivity index (χ1) is 55.1. The molecule has 0 unspecified atom stereocenters. The molecule has 4 aliphatic carbocycles. The number of likely N-dealkylation sites (tertiary alicyclic amines) is 3. The van der Waals surface area contributed by atoms with Crippen LogP contribution in [0, 0.1) is 41.6 Å². The van der Waals surface area contributed by atoms with E-state index in [0.29, 0.717) is 66.7 Å². The molecule has 7 fully saturated rings. The smallest absolute Gasteiger partial charge is 0.410 e. The molecular formula is C83H130Cl7N23O7. The van der Waals surface area contributed by atoms with E-state index in [2.05, 4.69) is 99.7 Å². The predicted molar refractivity (Wildman–Crippen MR) is 480 cm³/mol. The zero-order valence-electron chi connectivity index (χ0n) is 66.6. The summed E-state index contributed by atoms with van der Waals surface area (Å²) in [6.45, 7) is 23.8. The third-order valence-electron chi connectivity index (χ3n) is 22.1. The number of nitrogens with zero attached hydrogens (tertiary/aromatic N) is 19. The molecule has 37 heteroatoms. The molecule has 16 rings (SSSR count). The van der Waals surface area contributed by atoms with Crippen molar-refractivity contribution >= 4 is 122 Å². The Labute approximate surface area is 746 Å². The molecule has 0 aromatic carbocycles. The number of aliphatic hydroxyl groups is 1. The van der Waals surface area contributed by atoms with Crippen molar-refractivity contribution < 1.29 is 33.8 Å². The fourth-order valence-corrected chi connectivity index (χ4v) is 17.5. The molecule has 5 aromatic heterocycles. The minimum absolute atomic E-state index is 0. The SMILES string of the molecule is C.C.C.C.C.CC(C)(C)OC(=O)N1CCC[C@@H](C(N)=O)C1.CN1CCC[C@H]1CO.CN1CCC[C@H]1COc1nc2c(c(N3CCC[C@@H](C#N)C3)n1)CCC2.Clc1nc(Cl)c2c(n1)CCC2.Clc1nc(Cl)nc(Cl)n1.NC(=O)[C@@H]1CCCN(c2nc(Cl)nc3c2CCC3)C1.NC(=O)[C@@H]1CCCNC1.[C-]#[N+][C@@H]1CCCN(c2nc(Cl)nc3c2CCC3)C1. The van der Waals surface area contributed by atoms with Gasteiger partial charge in [-0.2, -0.15) is 30.2 Å². The van der Waals surface area contributed by atoms with E-state index in [1.165, 1.54) is 42.4 Å². The number of primary amides is 3. The van der Waals surface area contributed by atoms with Gasteiger partial charge in [-0.3, -0.25) is 14.4 Å². The zero-order valence-corrected chi connectivity index (χ0v) is 71.9. The maximum atomic E-state index is 11.7. The van der Waals surface area contributed by atoms with Gasteiger partial charge < -0.3 is 71.3 Å². The average molecular weight is 1810 g/mol. The molecule has 0 bridgehead atoms. The van der Waals surface area contributed by atoms with Crippen molar-refractivity contribution in [3.8, 4) is 12.1 Å². The Hall–Kier alpha value is -6.94. The minimum atomic E-state index is -0.503. The van der Waals surface area contributed by atoms with Gasteiger partial charge in [-0.25, -0.2) is 41.3 Å². The molecule has 0 saturated carbocycles. The molecule has 30 nitrogen and oxygen atoms in total. The molecule has 0 spiro atoms. The summed E-state index contributed by atoms with van der Waals surface area (Å²) in [4.78, 5) is 106. The molecule has 668 valence electrons. The fraction of sp³-hybridized carbons (Fsp3) is 0.699. The Morgan fingerprint density at radius 3 is 1.36 bits per heavy atom. The van der Waals surface area contributed by atoms with Crippen LogP contribution in [0.3, 0.4) is 0 Å².